The minimum absolute atomic E-state index is 0.357. The van der Waals surface area contributed by atoms with Crippen LogP contribution in [0.2, 0.25) is 0 Å². The van der Waals surface area contributed by atoms with Gasteiger partial charge in [-0.1, -0.05) is 19.9 Å². The van der Waals surface area contributed by atoms with Crippen molar-refractivity contribution >= 4 is 0 Å². The number of rotatable bonds is 9. The van der Waals surface area contributed by atoms with Crippen LogP contribution in [0.4, 0.5) is 0 Å². The first-order valence-corrected chi connectivity index (χ1v) is 8.09. The molecule has 0 bridgehead atoms. The average Bonchev–Trinajstić information content (AvgIpc) is 2.39. The first kappa shape index (κ1) is 18.0. The number of quaternary nitrogens is 1. The molecule has 0 aliphatic heterocycles. The Balaban J connectivity index is 2.26. The highest BCUT2D eigenvalue weighted by atomic mass is 16.5. The van der Waals surface area contributed by atoms with Crippen molar-refractivity contribution in [2.75, 3.05) is 13.2 Å². The number of benzene rings is 1. The quantitative estimate of drug-likeness (QED) is 0.735. The number of aryl methyl sites for hydroxylation is 2. The second-order valence-corrected chi connectivity index (χ2v) is 6.71. The van der Waals surface area contributed by atoms with Gasteiger partial charge in [0.2, 0.25) is 0 Å². The van der Waals surface area contributed by atoms with E-state index in [4.69, 9.17) is 4.74 Å². The smallest absolute Gasteiger partial charge is 0.137 e. The molecule has 0 saturated heterocycles. The van der Waals surface area contributed by atoms with Crippen molar-refractivity contribution < 1.29 is 15.2 Å². The Hall–Kier alpha value is -1.06. The first-order valence-electron chi connectivity index (χ1n) is 8.09. The lowest BCUT2D eigenvalue weighted by Gasteiger charge is -2.16. The Morgan fingerprint density at radius 1 is 1.05 bits per heavy atom. The molecule has 0 spiro atoms. The molecule has 0 amide bonds. The van der Waals surface area contributed by atoms with Gasteiger partial charge in [0.1, 0.15) is 25.0 Å². The van der Waals surface area contributed by atoms with Crippen molar-refractivity contribution in [3.8, 4) is 5.75 Å². The Morgan fingerprint density at radius 3 is 2.24 bits per heavy atom. The van der Waals surface area contributed by atoms with Crippen molar-refractivity contribution in [2.45, 2.75) is 59.6 Å². The second kappa shape index (κ2) is 9.06. The van der Waals surface area contributed by atoms with Gasteiger partial charge in [-0.15, -0.1) is 0 Å². The zero-order chi connectivity index (χ0) is 15.8. The summed E-state index contributed by atoms with van der Waals surface area (Å²) in [7, 11) is 0. The van der Waals surface area contributed by atoms with Crippen molar-refractivity contribution in [3.05, 3.63) is 29.3 Å². The van der Waals surface area contributed by atoms with Gasteiger partial charge in [-0.3, -0.25) is 0 Å². The molecular formula is C18H32NO2+. The minimum Gasteiger partial charge on any atom is -0.491 e. The fourth-order valence-electron chi connectivity index (χ4n) is 2.38. The molecule has 0 aliphatic rings. The summed E-state index contributed by atoms with van der Waals surface area (Å²) in [5.74, 6) is 1.60. The topological polar surface area (TPSA) is 46.1 Å². The van der Waals surface area contributed by atoms with Crippen molar-refractivity contribution in [3.63, 3.8) is 0 Å². The van der Waals surface area contributed by atoms with Crippen LogP contribution in [-0.2, 0) is 0 Å². The van der Waals surface area contributed by atoms with Crippen LogP contribution in [0.1, 0.15) is 44.7 Å². The highest BCUT2D eigenvalue weighted by Crippen LogP contribution is 2.16. The lowest BCUT2D eigenvalue weighted by molar-refractivity contribution is -0.692. The largest absolute Gasteiger partial charge is 0.491 e. The monoisotopic (exact) mass is 294 g/mol. The van der Waals surface area contributed by atoms with E-state index in [0.29, 0.717) is 19.2 Å². The fraction of sp³-hybridized carbons (Fsp3) is 0.667. The third-order valence-electron chi connectivity index (χ3n) is 3.65. The summed E-state index contributed by atoms with van der Waals surface area (Å²) in [4.78, 5) is 0. The molecule has 1 aromatic carbocycles. The van der Waals surface area contributed by atoms with E-state index < -0.39 is 6.10 Å². The molecule has 1 rings (SSSR count). The molecule has 0 aliphatic carbocycles. The van der Waals surface area contributed by atoms with Gasteiger partial charge in [-0.2, -0.15) is 0 Å². The van der Waals surface area contributed by atoms with E-state index >= 15 is 0 Å². The van der Waals surface area contributed by atoms with Crippen molar-refractivity contribution in [1.82, 2.24) is 0 Å². The van der Waals surface area contributed by atoms with Crippen LogP contribution in [0.15, 0.2) is 18.2 Å². The lowest BCUT2D eigenvalue weighted by atomic mass is 10.0. The third-order valence-corrected chi connectivity index (χ3v) is 3.65. The highest BCUT2D eigenvalue weighted by molar-refractivity contribution is 5.32. The molecule has 0 fully saturated rings. The van der Waals surface area contributed by atoms with Gasteiger partial charge < -0.3 is 15.2 Å². The third kappa shape index (κ3) is 8.08. The van der Waals surface area contributed by atoms with Gasteiger partial charge in [0, 0.05) is 0 Å². The maximum absolute atomic E-state index is 10.0. The summed E-state index contributed by atoms with van der Waals surface area (Å²) < 4.78 is 5.69. The van der Waals surface area contributed by atoms with E-state index in [1.807, 2.05) is 12.1 Å². The molecule has 21 heavy (non-hydrogen) atoms. The predicted molar refractivity (Wildman–Crippen MR) is 87.7 cm³/mol. The number of hydrogen-bond donors (Lipinski definition) is 2. The molecule has 0 aromatic heterocycles. The maximum Gasteiger partial charge on any atom is 0.137 e. The van der Waals surface area contributed by atoms with Gasteiger partial charge in [0.15, 0.2) is 0 Å². The first-order chi connectivity index (χ1) is 9.86. The van der Waals surface area contributed by atoms with Gasteiger partial charge in [-0.25, -0.2) is 0 Å². The van der Waals surface area contributed by atoms with Crippen LogP contribution in [0.3, 0.4) is 0 Å². The van der Waals surface area contributed by atoms with E-state index in [0.717, 1.165) is 11.7 Å². The van der Waals surface area contributed by atoms with E-state index in [1.165, 1.54) is 24.0 Å². The standard InChI is InChI=1S/C18H31NO2/c1-13(2)6-7-16(5)19-11-17(20)12-21-18-9-14(3)8-15(4)10-18/h8-10,13,16-17,19-20H,6-7,11-12H2,1-5H3/p+1/t16-,17-/m1/s1. The molecule has 2 atom stereocenters. The van der Waals surface area contributed by atoms with Crippen LogP contribution in [-0.4, -0.2) is 30.4 Å². The maximum atomic E-state index is 10.0. The van der Waals surface area contributed by atoms with Crippen LogP contribution in [0.5, 0.6) is 5.75 Å². The molecule has 0 saturated carbocycles. The van der Waals surface area contributed by atoms with E-state index in [-0.39, 0.29) is 0 Å². The van der Waals surface area contributed by atoms with E-state index in [2.05, 4.69) is 46.0 Å². The predicted octanol–water partition coefficient (Wildman–Crippen LogP) is 2.43. The molecule has 3 nitrogen and oxygen atoms in total. The van der Waals surface area contributed by atoms with Crippen molar-refractivity contribution in [2.24, 2.45) is 5.92 Å². The molecule has 120 valence electrons. The molecule has 0 unspecified atom stereocenters. The van der Waals surface area contributed by atoms with Crippen LogP contribution in [0.25, 0.3) is 0 Å². The number of nitrogens with two attached hydrogens (primary N) is 1. The number of hydrogen-bond acceptors (Lipinski definition) is 2. The number of ether oxygens (including phenoxy) is 1. The Labute approximate surface area is 129 Å². The zero-order valence-electron chi connectivity index (χ0n) is 14.2. The van der Waals surface area contributed by atoms with Gasteiger partial charge >= 0.3 is 0 Å². The average molecular weight is 294 g/mol. The molecule has 3 heteroatoms. The molecule has 3 N–H and O–H groups in total. The molecule has 0 heterocycles. The summed E-state index contributed by atoms with van der Waals surface area (Å²) >= 11 is 0. The molecule has 0 radical (unpaired) electrons. The normalized spacial score (nSPS) is 14.2. The number of aliphatic hydroxyl groups excluding tert-OH is 1. The summed E-state index contributed by atoms with van der Waals surface area (Å²) in [6.45, 7) is 11.9. The van der Waals surface area contributed by atoms with Gasteiger partial charge in [0.25, 0.3) is 0 Å². The van der Waals surface area contributed by atoms with E-state index in [1.54, 1.807) is 0 Å². The van der Waals surface area contributed by atoms with Crippen LogP contribution in [0, 0.1) is 19.8 Å². The fourth-order valence-corrected chi connectivity index (χ4v) is 2.38. The zero-order valence-corrected chi connectivity index (χ0v) is 14.2. The summed E-state index contributed by atoms with van der Waals surface area (Å²) in [5, 5.41) is 12.2. The van der Waals surface area contributed by atoms with E-state index in [9.17, 15) is 5.11 Å². The SMILES string of the molecule is Cc1cc(C)cc(OC[C@H](O)C[NH2+][C@H](C)CCC(C)C)c1. The second-order valence-electron chi connectivity index (χ2n) is 6.71. The van der Waals surface area contributed by atoms with Crippen LogP contribution >= 0.6 is 0 Å². The van der Waals surface area contributed by atoms with Crippen LogP contribution < -0.4 is 10.1 Å². The summed E-state index contributed by atoms with van der Waals surface area (Å²) in [5.41, 5.74) is 2.38. The van der Waals surface area contributed by atoms with Crippen molar-refractivity contribution in [1.29, 1.82) is 0 Å². The lowest BCUT2D eigenvalue weighted by Crippen LogP contribution is -2.91. The highest BCUT2D eigenvalue weighted by Gasteiger charge is 2.12. The molecular weight excluding hydrogens is 262 g/mol. The Bertz CT molecular complexity index is 397. The minimum atomic E-state index is -0.424. The molecule has 1 aromatic rings. The Morgan fingerprint density at radius 2 is 1.67 bits per heavy atom. The van der Waals surface area contributed by atoms with Gasteiger partial charge in [-0.05, 0) is 62.8 Å². The van der Waals surface area contributed by atoms with Gasteiger partial charge in [0.05, 0.1) is 6.04 Å². The number of aliphatic hydroxyl groups is 1. The summed E-state index contributed by atoms with van der Waals surface area (Å²) in [6, 6.07) is 6.69. The summed E-state index contributed by atoms with van der Waals surface area (Å²) in [6.07, 6.45) is 2.02. The Kier molecular flexibility index (Phi) is 7.76.